The van der Waals surface area contributed by atoms with E-state index in [4.69, 9.17) is 5.41 Å². The molecule has 1 atom stereocenters. The molecule has 34 heavy (non-hydrogen) atoms. The maximum atomic E-state index is 13.7. The Kier molecular flexibility index (Phi) is 7.66. The summed E-state index contributed by atoms with van der Waals surface area (Å²) in [6, 6.07) is 12.1. The van der Waals surface area contributed by atoms with Crippen LogP contribution in [0.2, 0.25) is 0 Å². The van der Waals surface area contributed by atoms with Crippen LogP contribution < -0.4 is 4.90 Å². The van der Waals surface area contributed by atoms with Crippen LogP contribution in [-0.2, 0) is 0 Å². The lowest BCUT2D eigenvalue weighted by Crippen LogP contribution is -2.30. The minimum Gasteiger partial charge on any atom is -0.395 e. The van der Waals surface area contributed by atoms with Gasteiger partial charge in [0, 0.05) is 19.6 Å². The van der Waals surface area contributed by atoms with Crippen LogP contribution in [-0.4, -0.2) is 68.7 Å². The molecule has 1 aliphatic rings. The smallest absolute Gasteiger partial charge is 0.130 e. The molecule has 0 amide bonds. The average molecular weight is 465 g/mol. The number of nitrogens with zero attached hydrogens (tertiary/aromatic N) is 4. The van der Waals surface area contributed by atoms with Crippen molar-refractivity contribution in [3.05, 3.63) is 71.9 Å². The summed E-state index contributed by atoms with van der Waals surface area (Å²) in [6.45, 7) is 1.44. The van der Waals surface area contributed by atoms with E-state index in [9.17, 15) is 14.6 Å². The first-order chi connectivity index (χ1) is 16.6. The molecule has 3 aromatic rings. The normalized spacial score (nSPS) is 15.9. The lowest BCUT2D eigenvalue weighted by molar-refractivity contribution is 0.280. The number of hydrogen-bond acceptors (Lipinski definition) is 6. The molecule has 1 unspecified atom stereocenters. The van der Waals surface area contributed by atoms with Gasteiger partial charge in [-0.2, -0.15) is 0 Å². The molecular weight excluding hydrogens is 435 g/mol. The van der Waals surface area contributed by atoms with Crippen LogP contribution >= 0.6 is 0 Å². The van der Waals surface area contributed by atoms with Crippen LogP contribution in [0, 0.1) is 11.2 Å². The highest BCUT2D eigenvalue weighted by Gasteiger charge is 2.27. The highest BCUT2D eigenvalue weighted by molar-refractivity contribution is 5.94. The van der Waals surface area contributed by atoms with Crippen molar-refractivity contribution in [2.75, 3.05) is 37.7 Å². The zero-order chi connectivity index (χ0) is 23.9. The fourth-order valence-electron chi connectivity index (χ4n) is 4.25. The number of halogens is 1. The van der Waals surface area contributed by atoms with Crippen LogP contribution in [0.15, 0.2) is 54.7 Å². The van der Waals surface area contributed by atoms with Crippen LogP contribution in [0.25, 0.3) is 17.5 Å². The van der Waals surface area contributed by atoms with Gasteiger partial charge in [0.1, 0.15) is 23.3 Å². The monoisotopic (exact) mass is 464 g/mol. The molecule has 1 aromatic carbocycles. The molecule has 8 nitrogen and oxygen atoms in total. The number of aliphatic hydroxyl groups excluding tert-OH is 2. The van der Waals surface area contributed by atoms with E-state index in [-0.39, 0.29) is 25.1 Å². The Hall–Kier alpha value is -3.56. The fraction of sp³-hybridized carbons (Fsp3) is 0.320. The van der Waals surface area contributed by atoms with Gasteiger partial charge in [-0.05, 0) is 54.8 Å². The zero-order valence-corrected chi connectivity index (χ0v) is 18.9. The molecule has 0 aliphatic carbocycles. The summed E-state index contributed by atoms with van der Waals surface area (Å²) in [7, 11) is 0. The topological polar surface area (TPSA) is 112 Å². The number of aromatic nitrogens is 3. The SMILES string of the molecule is N=C(/C=C\c1ncc(-c2cccc(N(CCO)CCO)n2)[nH]1)N1CCCC1c1cccc(F)c1. The third kappa shape index (κ3) is 5.49. The van der Waals surface area contributed by atoms with E-state index >= 15 is 0 Å². The Morgan fingerprint density at radius 3 is 2.76 bits per heavy atom. The van der Waals surface area contributed by atoms with Crippen molar-refractivity contribution in [3.63, 3.8) is 0 Å². The van der Waals surface area contributed by atoms with E-state index in [2.05, 4.69) is 15.0 Å². The third-order valence-corrected chi connectivity index (χ3v) is 5.86. The summed E-state index contributed by atoms with van der Waals surface area (Å²) in [6.07, 6.45) is 6.97. The molecule has 4 N–H and O–H groups in total. The Labute approximate surface area is 197 Å². The van der Waals surface area contributed by atoms with Gasteiger partial charge >= 0.3 is 0 Å². The molecule has 2 aromatic heterocycles. The highest BCUT2D eigenvalue weighted by Crippen LogP contribution is 2.32. The number of hydrogen-bond donors (Lipinski definition) is 4. The van der Waals surface area contributed by atoms with Crippen LogP contribution in [0.5, 0.6) is 0 Å². The number of benzene rings is 1. The van der Waals surface area contributed by atoms with Crippen LogP contribution in [0.3, 0.4) is 0 Å². The number of amidine groups is 1. The van der Waals surface area contributed by atoms with Gasteiger partial charge in [-0.1, -0.05) is 18.2 Å². The van der Waals surface area contributed by atoms with Crippen molar-refractivity contribution in [2.45, 2.75) is 18.9 Å². The largest absolute Gasteiger partial charge is 0.395 e. The van der Waals surface area contributed by atoms with Crippen LogP contribution in [0.4, 0.5) is 10.2 Å². The number of nitrogens with one attached hydrogen (secondary N) is 2. The van der Waals surface area contributed by atoms with E-state index in [1.165, 1.54) is 6.07 Å². The van der Waals surface area contributed by atoms with E-state index in [0.29, 0.717) is 36.3 Å². The lowest BCUT2D eigenvalue weighted by Gasteiger charge is -2.26. The summed E-state index contributed by atoms with van der Waals surface area (Å²) in [5.41, 5.74) is 2.30. The number of likely N-dealkylation sites (tertiary alicyclic amines) is 1. The van der Waals surface area contributed by atoms with E-state index in [1.54, 1.807) is 30.5 Å². The lowest BCUT2D eigenvalue weighted by atomic mass is 10.0. The molecule has 0 spiro atoms. The maximum Gasteiger partial charge on any atom is 0.130 e. The highest BCUT2D eigenvalue weighted by atomic mass is 19.1. The quantitative estimate of drug-likeness (QED) is 0.286. The predicted molar refractivity (Wildman–Crippen MR) is 130 cm³/mol. The van der Waals surface area contributed by atoms with Crippen molar-refractivity contribution in [2.24, 2.45) is 0 Å². The fourth-order valence-corrected chi connectivity index (χ4v) is 4.25. The zero-order valence-electron chi connectivity index (χ0n) is 18.9. The Morgan fingerprint density at radius 2 is 2.00 bits per heavy atom. The van der Waals surface area contributed by atoms with Gasteiger partial charge in [0.05, 0.1) is 36.8 Å². The van der Waals surface area contributed by atoms with Crippen molar-refractivity contribution in [1.82, 2.24) is 19.9 Å². The second-order valence-corrected chi connectivity index (χ2v) is 8.12. The second-order valence-electron chi connectivity index (χ2n) is 8.12. The number of aliphatic hydroxyl groups is 2. The Bertz CT molecular complexity index is 1140. The molecule has 1 saturated heterocycles. The van der Waals surface area contributed by atoms with E-state index in [0.717, 1.165) is 30.6 Å². The van der Waals surface area contributed by atoms with Gasteiger partial charge in [0.2, 0.25) is 0 Å². The van der Waals surface area contributed by atoms with Crippen molar-refractivity contribution in [3.8, 4) is 11.4 Å². The Morgan fingerprint density at radius 1 is 1.21 bits per heavy atom. The molecule has 1 fully saturated rings. The molecule has 178 valence electrons. The van der Waals surface area contributed by atoms with Crippen molar-refractivity contribution >= 4 is 17.7 Å². The van der Waals surface area contributed by atoms with E-state index < -0.39 is 0 Å². The predicted octanol–water partition coefficient (Wildman–Crippen LogP) is 3.23. The van der Waals surface area contributed by atoms with Gasteiger partial charge in [-0.3, -0.25) is 5.41 Å². The Balaban J connectivity index is 1.46. The first-order valence-corrected chi connectivity index (χ1v) is 11.4. The van der Waals surface area contributed by atoms with Gasteiger partial charge in [0.15, 0.2) is 0 Å². The minimum absolute atomic E-state index is 0.00672. The molecule has 0 radical (unpaired) electrons. The summed E-state index contributed by atoms with van der Waals surface area (Å²) in [4.78, 5) is 16.0. The van der Waals surface area contributed by atoms with Crippen LogP contribution in [0.1, 0.15) is 30.3 Å². The van der Waals surface area contributed by atoms with E-state index in [1.807, 2.05) is 34.1 Å². The van der Waals surface area contributed by atoms with Crippen molar-refractivity contribution in [1.29, 1.82) is 5.41 Å². The maximum absolute atomic E-state index is 13.7. The number of anilines is 1. The van der Waals surface area contributed by atoms with Gasteiger partial charge in [0.25, 0.3) is 0 Å². The minimum atomic E-state index is -0.261. The van der Waals surface area contributed by atoms with Gasteiger partial charge in [-0.15, -0.1) is 0 Å². The summed E-state index contributed by atoms with van der Waals surface area (Å²) >= 11 is 0. The molecule has 4 rings (SSSR count). The summed E-state index contributed by atoms with van der Waals surface area (Å²) in [5, 5.41) is 27.1. The summed E-state index contributed by atoms with van der Waals surface area (Å²) in [5.74, 6) is 1.35. The second kappa shape index (κ2) is 11.0. The number of rotatable bonds is 9. The first kappa shape index (κ1) is 23.6. The van der Waals surface area contributed by atoms with Gasteiger partial charge < -0.3 is 25.0 Å². The number of H-pyrrole nitrogens is 1. The third-order valence-electron chi connectivity index (χ3n) is 5.86. The standard InChI is InChI=1S/C25H29FN6O2/c26-19-5-1-4-18(16-19)22-7-3-11-32(22)23(27)9-10-24-28-17-21(29-24)20-6-2-8-25(30-20)31(12-14-33)13-15-34/h1-2,4-6,8-10,16-17,22,27,33-34H,3,7,11-15H2,(H,28,29)/b10-9-,27-23?. The molecule has 0 saturated carbocycles. The molecule has 0 bridgehead atoms. The molecule has 3 heterocycles. The number of imidazole rings is 1. The molecule has 9 heteroatoms. The summed E-state index contributed by atoms with van der Waals surface area (Å²) < 4.78 is 13.7. The molecular formula is C25H29FN6O2. The first-order valence-electron chi connectivity index (χ1n) is 11.4. The van der Waals surface area contributed by atoms with Gasteiger partial charge in [-0.25, -0.2) is 14.4 Å². The average Bonchev–Trinajstić information content (AvgIpc) is 3.53. The molecule has 1 aliphatic heterocycles. The number of pyridine rings is 1. The number of aromatic amines is 1. The van der Waals surface area contributed by atoms with Crippen molar-refractivity contribution < 1.29 is 14.6 Å².